The average molecular weight is 410 g/mol. The van der Waals surface area contributed by atoms with Crippen LogP contribution in [-0.2, 0) is 16.6 Å². The first kappa shape index (κ1) is 22.2. The molecule has 2 N–H and O–H groups in total. The molecule has 3 rings (SSSR count). The molecule has 162 valence electrons. The van der Waals surface area contributed by atoms with Crippen molar-refractivity contribution in [1.82, 2.24) is 10.6 Å². The summed E-state index contributed by atoms with van der Waals surface area (Å²) in [5.41, 5.74) is 2.73. The minimum Gasteiger partial charge on any atom is -0.497 e. The Labute approximate surface area is 180 Å². The fourth-order valence-electron chi connectivity index (χ4n) is 4.06. The lowest BCUT2D eigenvalue weighted by Gasteiger charge is -2.38. The second kappa shape index (κ2) is 11.0. The van der Waals surface area contributed by atoms with Crippen LogP contribution < -0.4 is 15.4 Å². The number of aryl methyl sites for hydroxylation is 1. The van der Waals surface area contributed by atoms with Gasteiger partial charge in [-0.3, -0.25) is 4.99 Å². The van der Waals surface area contributed by atoms with E-state index in [2.05, 4.69) is 65.0 Å². The summed E-state index contributed by atoms with van der Waals surface area (Å²) in [4.78, 5) is 4.46. The number of ether oxygens (including phenoxy) is 2. The van der Waals surface area contributed by atoms with E-state index in [1.165, 1.54) is 11.1 Å². The number of methoxy groups -OCH3 is 1. The van der Waals surface area contributed by atoms with Crippen LogP contribution >= 0.6 is 0 Å². The molecule has 1 saturated heterocycles. The molecule has 0 amide bonds. The molecule has 5 nitrogen and oxygen atoms in total. The molecule has 0 aliphatic carbocycles. The van der Waals surface area contributed by atoms with E-state index in [1.807, 2.05) is 19.2 Å². The maximum atomic E-state index is 5.66. The number of rotatable bonds is 8. The van der Waals surface area contributed by atoms with Gasteiger partial charge in [0.15, 0.2) is 5.96 Å². The summed E-state index contributed by atoms with van der Waals surface area (Å²) in [6, 6.07) is 19.4. The van der Waals surface area contributed by atoms with Crippen LogP contribution in [0.15, 0.2) is 59.6 Å². The van der Waals surface area contributed by atoms with Crippen molar-refractivity contribution in [3.63, 3.8) is 0 Å². The van der Waals surface area contributed by atoms with Crippen LogP contribution in [0, 0.1) is 0 Å². The topological polar surface area (TPSA) is 54.9 Å². The van der Waals surface area contributed by atoms with Crippen LogP contribution in [0.2, 0.25) is 0 Å². The molecule has 0 saturated carbocycles. The van der Waals surface area contributed by atoms with Gasteiger partial charge in [0.1, 0.15) is 5.75 Å². The number of nitrogens with one attached hydrogen (secondary N) is 2. The summed E-state index contributed by atoms with van der Waals surface area (Å²) >= 11 is 0. The lowest BCUT2D eigenvalue weighted by atomic mass is 9.74. The third-order valence-electron chi connectivity index (χ3n) is 6.06. The van der Waals surface area contributed by atoms with E-state index in [-0.39, 0.29) is 5.41 Å². The van der Waals surface area contributed by atoms with Gasteiger partial charge in [-0.25, -0.2) is 0 Å². The highest BCUT2D eigenvalue weighted by molar-refractivity contribution is 5.80. The summed E-state index contributed by atoms with van der Waals surface area (Å²) in [6.07, 6.45) is 4.10. The van der Waals surface area contributed by atoms with Crippen molar-refractivity contribution < 1.29 is 9.47 Å². The molecule has 1 atom stereocenters. The summed E-state index contributed by atoms with van der Waals surface area (Å²) < 4.78 is 11.0. The number of benzene rings is 2. The molecule has 1 fully saturated rings. The van der Waals surface area contributed by atoms with E-state index in [0.717, 1.165) is 57.2 Å². The Bertz CT molecular complexity index is 784. The molecule has 1 unspecified atom stereocenters. The summed E-state index contributed by atoms with van der Waals surface area (Å²) in [6.45, 7) is 4.61. The lowest BCUT2D eigenvalue weighted by molar-refractivity contribution is 0.0513. The monoisotopic (exact) mass is 409 g/mol. The standard InChI is InChI=1S/C25H35N3O2/c1-20(9-10-21-7-5-4-6-8-21)28-24(26-2)27-19-25(15-17-30-18-16-25)22-11-13-23(29-3)14-12-22/h4-8,11-14,20H,9-10,15-19H2,1-3H3,(H2,26,27,28). The van der Waals surface area contributed by atoms with Gasteiger partial charge in [-0.05, 0) is 55.9 Å². The van der Waals surface area contributed by atoms with Gasteiger partial charge in [-0.15, -0.1) is 0 Å². The van der Waals surface area contributed by atoms with Gasteiger partial charge < -0.3 is 20.1 Å². The molecule has 5 heteroatoms. The molecule has 1 aliphatic heterocycles. The average Bonchev–Trinajstić information content (AvgIpc) is 2.81. The van der Waals surface area contributed by atoms with Gasteiger partial charge in [0.25, 0.3) is 0 Å². The van der Waals surface area contributed by atoms with E-state index in [4.69, 9.17) is 9.47 Å². The van der Waals surface area contributed by atoms with Gasteiger partial charge in [0, 0.05) is 38.3 Å². The first-order valence-electron chi connectivity index (χ1n) is 10.9. The predicted molar refractivity (Wildman–Crippen MR) is 123 cm³/mol. The van der Waals surface area contributed by atoms with Crippen molar-refractivity contribution in [1.29, 1.82) is 0 Å². The zero-order valence-corrected chi connectivity index (χ0v) is 18.5. The molecule has 0 spiro atoms. The molecule has 1 aliphatic rings. The number of hydrogen-bond donors (Lipinski definition) is 2. The van der Waals surface area contributed by atoms with Crippen molar-refractivity contribution in [2.75, 3.05) is 33.9 Å². The molecule has 2 aromatic carbocycles. The Kier molecular flexibility index (Phi) is 8.14. The SMILES string of the molecule is CN=C(NCC1(c2ccc(OC)cc2)CCOCC1)NC(C)CCc1ccccc1. The number of hydrogen-bond acceptors (Lipinski definition) is 3. The quantitative estimate of drug-likeness (QED) is 0.512. The Morgan fingerprint density at radius 2 is 1.80 bits per heavy atom. The Morgan fingerprint density at radius 1 is 1.10 bits per heavy atom. The van der Waals surface area contributed by atoms with Crippen LogP contribution in [0.1, 0.15) is 37.3 Å². The van der Waals surface area contributed by atoms with E-state index in [1.54, 1.807) is 7.11 Å². The van der Waals surface area contributed by atoms with E-state index in [9.17, 15) is 0 Å². The number of nitrogens with zero attached hydrogens (tertiary/aromatic N) is 1. The van der Waals surface area contributed by atoms with Gasteiger partial charge in [-0.1, -0.05) is 42.5 Å². The second-order valence-corrected chi connectivity index (χ2v) is 8.12. The molecule has 0 aromatic heterocycles. The van der Waals surface area contributed by atoms with Crippen molar-refractivity contribution in [2.24, 2.45) is 4.99 Å². The normalized spacial score (nSPS) is 17.2. The van der Waals surface area contributed by atoms with Gasteiger partial charge in [-0.2, -0.15) is 0 Å². The second-order valence-electron chi connectivity index (χ2n) is 8.12. The van der Waals surface area contributed by atoms with Crippen molar-refractivity contribution in [3.05, 3.63) is 65.7 Å². The maximum absolute atomic E-state index is 5.66. The van der Waals surface area contributed by atoms with Crippen molar-refractivity contribution in [2.45, 2.75) is 44.1 Å². The maximum Gasteiger partial charge on any atom is 0.191 e. The summed E-state index contributed by atoms with van der Waals surface area (Å²) in [5, 5.41) is 7.14. The van der Waals surface area contributed by atoms with Crippen LogP contribution in [0.4, 0.5) is 0 Å². The van der Waals surface area contributed by atoms with Crippen molar-refractivity contribution in [3.8, 4) is 5.75 Å². The molecule has 0 radical (unpaired) electrons. The molecule has 1 heterocycles. The first-order chi connectivity index (χ1) is 14.6. The Balaban J connectivity index is 1.59. The molecular formula is C25H35N3O2. The predicted octanol–water partition coefficient (Wildman–Crippen LogP) is 3.93. The number of guanidine groups is 1. The number of aliphatic imine (C=N–C) groups is 1. The fraction of sp³-hybridized carbons (Fsp3) is 0.480. The van der Waals surface area contributed by atoms with E-state index < -0.39 is 0 Å². The minimum atomic E-state index is 0.0371. The highest BCUT2D eigenvalue weighted by Gasteiger charge is 2.34. The van der Waals surface area contributed by atoms with Crippen LogP contribution in [0.3, 0.4) is 0 Å². The van der Waals surface area contributed by atoms with Gasteiger partial charge >= 0.3 is 0 Å². The first-order valence-corrected chi connectivity index (χ1v) is 10.9. The Hall–Kier alpha value is -2.53. The van der Waals surface area contributed by atoms with Crippen LogP contribution in [0.25, 0.3) is 0 Å². The van der Waals surface area contributed by atoms with Crippen LogP contribution in [0.5, 0.6) is 5.75 Å². The molecule has 30 heavy (non-hydrogen) atoms. The van der Waals surface area contributed by atoms with E-state index >= 15 is 0 Å². The molecule has 0 bridgehead atoms. The van der Waals surface area contributed by atoms with Gasteiger partial charge in [0.05, 0.1) is 7.11 Å². The van der Waals surface area contributed by atoms with Crippen LogP contribution in [-0.4, -0.2) is 45.9 Å². The third-order valence-corrected chi connectivity index (χ3v) is 6.06. The summed E-state index contributed by atoms with van der Waals surface area (Å²) in [5.74, 6) is 1.74. The fourth-order valence-corrected chi connectivity index (χ4v) is 4.06. The van der Waals surface area contributed by atoms with Gasteiger partial charge in [0.2, 0.25) is 0 Å². The Morgan fingerprint density at radius 3 is 2.43 bits per heavy atom. The van der Waals surface area contributed by atoms with Crippen molar-refractivity contribution >= 4 is 5.96 Å². The molecule has 2 aromatic rings. The smallest absolute Gasteiger partial charge is 0.191 e. The highest BCUT2D eigenvalue weighted by Crippen LogP contribution is 2.35. The zero-order chi connectivity index (χ0) is 21.2. The highest BCUT2D eigenvalue weighted by atomic mass is 16.5. The zero-order valence-electron chi connectivity index (χ0n) is 18.5. The molecular weight excluding hydrogens is 374 g/mol. The van der Waals surface area contributed by atoms with E-state index in [0.29, 0.717) is 6.04 Å². The lowest BCUT2D eigenvalue weighted by Crippen LogP contribution is -2.49. The third kappa shape index (κ3) is 5.99. The summed E-state index contributed by atoms with van der Waals surface area (Å²) in [7, 11) is 3.54. The largest absolute Gasteiger partial charge is 0.497 e. The minimum absolute atomic E-state index is 0.0371.